The molecular formula is C17H19ClN2O3S. The second-order valence-corrected chi connectivity index (χ2v) is 7.86. The molecule has 24 heavy (non-hydrogen) atoms. The summed E-state index contributed by atoms with van der Waals surface area (Å²) in [4.78, 5) is 12.5. The van der Waals surface area contributed by atoms with Crippen LogP contribution in [-0.2, 0) is 14.8 Å². The van der Waals surface area contributed by atoms with E-state index in [4.69, 9.17) is 11.6 Å². The van der Waals surface area contributed by atoms with Crippen LogP contribution >= 0.6 is 11.6 Å². The Morgan fingerprint density at radius 2 is 1.62 bits per heavy atom. The van der Waals surface area contributed by atoms with Gasteiger partial charge in [-0.1, -0.05) is 29.3 Å². The highest BCUT2D eigenvalue weighted by atomic mass is 35.5. The highest BCUT2D eigenvalue weighted by molar-refractivity contribution is 7.92. The molecular weight excluding hydrogens is 348 g/mol. The molecule has 0 aliphatic carbocycles. The number of carbonyl (C=O) groups is 1. The van der Waals surface area contributed by atoms with Gasteiger partial charge < -0.3 is 5.32 Å². The van der Waals surface area contributed by atoms with Crippen molar-refractivity contribution in [3.8, 4) is 0 Å². The predicted molar refractivity (Wildman–Crippen MR) is 98.0 cm³/mol. The molecule has 0 aliphatic rings. The van der Waals surface area contributed by atoms with Gasteiger partial charge in [0.05, 0.1) is 11.9 Å². The lowest BCUT2D eigenvalue weighted by molar-refractivity contribution is -0.116. The van der Waals surface area contributed by atoms with Crippen molar-refractivity contribution in [1.82, 2.24) is 0 Å². The van der Waals surface area contributed by atoms with Crippen LogP contribution in [0.3, 0.4) is 0 Å². The molecule has 1 amide bonds. The van der Waals surface area contributed by atoms with E-state index in [9.17, 15) is 13.2 Å². The normalized spacial score (nSPS) is 12.5. The first kappa shape index (κ1) is 18.3. The Bertz CT molecular complexity index is 818. The van der Waals surface area contributed by atoms with Gasteiger partial charge in [0.1, 0.15) is 6.04 Å². The Labute approximate surface area is 147 Å². The molecule has 7 heteroatoms. The number of nitrogens with one attached hydrogen (secondary N) is 1. The molecule has 0 fully saturated rings. The number of amides is 1. The average Bonchev–Trinajstić information content (AvgIpc) is 2.50. The molecule has 1 N–H and O–H groups in total. The van der Waals surface area contributed by atoms with Crippen LogP contribution in [0.2, 0.25) is 5.02 Å². The van der Waals surface area contributed by atoms with Crippen molar-refractivity contribution in [2.75, 3.05) is 15.9 Å². The lowest BCUT2D eigenvalue weighted by Gasteiger charge is -2.28. The molecule has 0 saturated heterocycles. The van der Waals surface area contributed by atoms with E-state index in [-0.39, 0.29) is 0 Å². The van der Waals surface area contributed by atoms with Gasteiger partial charge in [0.15, 0.2) is 0 Å². The van der Waals surface area contributed by atoms with Crippen LogP contribution in [0, 0.1) is 6.92 Å². The third-order valence-corrected chi connectivity index (χ3v) is 4.98. The molecule has 1 atom stereocenters. The highest BCUT2D eigenvalue weighted by Crippen LogP contribution is 2.23. The van der Waals surface area contributed by atoms with Crippen molar-refractivity contribution in [3.05, 3.63) is 59.1 Å². The zero-order valence-electron chi connectivity index (χ0n) is 13.7. The van der Waals surface area contributed by atoms with E-state index >= 15 is 0 Å². The second kappa shape index (κ2) is 7.23. The number of halogens is 1. The van der Waals surface area contributed by atoms with Gasteiger partial charge >= 0.3 is 0 Å². The quantitative estimate of drug-likeness (QED) is 0.881. The van der Waals surface area contributed by atoms with E-state index in [1.54, 1.807) is 43.3 Å². The van der Waals surface area contributed by atoms with Gasteiger partial charge in [-0.3, -0.25) is 9.10 Å². The molecule has 2 aromatic rings. The zero-order chi connectivity index (χ0) is 17.9. The van der Waals surface area contributed by atoms with Gasteiger partial charge in [-0.05, 0) is 50.2 Å². The number of benzene rings is 2. The van der Waals surface area contributed by atoms with E-state index in [1.807, 2.05) is 19.1 Å². The maximum Gasteiger partial charge on any atom is 0.247 e. The van der Waals surface area contributed by atoms with Gasteiger partial charge in [-0.15, -0.1) is 0 Å². The van der Waals surface area contributed by atoms with Crippen molar-refractivity contribution in [1.29, 1.82) is 0 Å². The minimum atomic E-state index is -3.64. The largest absolute Gasteiger partial charge is 0.324 e. The molecule has 0 heterocycles. The van der Waals surface area contributed by atoms with E-state index in [1.165, 1.54) is 0 Å². The molecule has 0 radical (unpaired) electrons. The molecule has 0 spiro atoms. The Morgan fingerprint density at radius 3 is 2.12 bits per heavy atom. The topological polar surface area (TPSA) is 66.5 Å². The highest BCUT2D eigenvalue weighted by Gasteiger charge is 2.29. The van der Waals surface area contributed by atoms with Crippen LogP contribution in [-0.4, -0.2) is 26.6 Å². The summed E-state index contributed by atoms with van der Waals surface area (Å²) in [6.45, 7) is 3.49. The van der Waals surface area contributed by atoms with Crippen molar-refractivity contribution >= 4 is 38.9 Å². The second-order valence-electron chi connectivity index (χ2n) is 5.57. The first-order valence-electron chi connectivity index (χ1n) is 7.31. The first-order chi connectivity index (χ1) is 11.2. The molecule has 0 unspecified atom stereocenters. The number of carbonyl (C=O) groups excluding carboxylic acids is 1. The van der Waals surface area contributed by atoms with E-state index in [2.05, 4.69) is 5.32 Å². The summed E-state index contributed by atoms with van der Waals surface area (Å²) in [6, 6.07) is 12.7. The molecule has 0 aromatic heterocycles. The minimum Gasteiger partial charge on any atom is -0.324 e. The van der Waals surface area contributed by atoms with Crippen molar-refractivity contribution in [2.45, 2.75) is 19.9 Å². The molecule has 128 valence electrons. The van der Waals surface area contributed by atoms with E-state index in [0.717, 1.165) is 16.1 Å². The monoisotopic (exact) mass is 366 g/mol. The van der Waals surface area contributed by atoms with Gasteiger partial charge in [0, 0.05) is 10.7 Å². The minimum absolute atomic E-state index is 0.383. The van der Waals surface area contributed by atoms with Gasteiger partial charge in [-0.2, -0.15) is 0 Å². The number of aryl methyl sites for hydroxylation is 1. The van der Waals surface area contributed by atoms with Crippen LogP contribution in [0.15, 0.2) is 48.5 Å². The number of rotatable bonds is 5. The fraction of sp³-hybridized carbons (Fsp3) is 0.235. The summed E-state index contributed by atoms with van der Waals surface area (Å²) in [6.07, 6.45) is 1.07. The van der Waals surface area contributed by atoms with E-state index in [0.29, 0.717) is 16.4 Å². The van der Waals surface area contributed by atoms with Gasteiger partial charge in [0.2, 0.25) is 15.9 Å². The zero-order valence-corrected chi connectivity index (χ0v) is 15.2. The number of nitrogens with zero attached hydrogens (tertiary/aromatic N) is 1. The Hall–Kier alpha value is -2.05. The Morgan fingerprint density at radius 1 is 1.08 bits per heavy atom. The standard InChI is InChI=1S/C17H19ClN2O3S/c1-12-4-8-15(9-5-12)19-17(21)13(2)20(24(3,22)23)16-10-6-14(18)7-11-16/h4-11,13H,1-3H3,(H,19,21)/t13-/m1/s1. The SMILES string of the molecule is Cc1ccc(NC(=O)[C@@H](C)N(c2ccc(Cl)cc2)S(C)(=O)=O)cc1. The third kappa shape index (κ3) is 4.49. The van der Waals surface area contributed by atoms with Crippen LogP contribution in [0.25, 0.3) is 0 Å². The van der Waals surface area contributed by atoms with Gasteiger partial charge in [0.25, 0.3) is 0 Å². The average molecular weight is 367 g/mol. The lowest BCUT2D eigenvalue weighted by Crippen LogP contribution is -2.45. The molecule has 0 bridgehead atoms. The summed E-state index contributed by atoms with van der Waals surface area (Å²) in [5.41, 5.74) is 2.07. The summed E-state index contributed by atoms with van der Waals surface area (Å²) in [5, 5.41) is 3.22. The molecule has 2 rings (SSSR count). The van der Waals surface area contributed by atoms with Crippen LogP contribution in [0.4, 0.5) is 11.4 Å². The summed E-state index contributed by atoms with van der Waals surface area (Å²) >= 11 is 5.85. The molecule has 0 saturated carbocycles. The maximum atomic E-state index is 12.5. The van der Waals surface area contributed by atoms with E-state index < -0.39 is 22.0 Å². The van der Waals surface area contributed by atoms with Crippen LogP contribution in [0.5, 0.6) is 0 Å². The van der Waals surface area contributed by atoms with Crippen molar-refractivity contribution in [2.24, 2.45) is 0 Å². The number of sulfonamides is 1. The fourth-order valence-electron chi connectivity index (χ4n) is 2.28. The Balaban J connectivity index is 2.27. The van der Waals surface area contributed by atoms with Crippen molar-refractivity contribution < 1.29 is 13.2 Å². The lowest BCUT2D eigenvalue weighted by atomic mass is 10.2. The van der Waals surface area contributed by atoms with Crippen LogP contribution < -0.4 is 9.62 Å². The summed E-state index contributed by atoms with van der Waals surface area (Å²) < 4.78 is 25.4. The van der Waals surface area contributed by atoms with Gasteiger partial charge in [-0.25, -0.2) is 8.42 Å². The summed E-state index contributed by atoms with van der Waals surface area (Å²) in [7, 11) is -3.64. The van der Waals surface area contributed by atoms with Crippen LogP contribution in [0.1, 0.15) is 12.5 Å². The van der Waals surface area contributed by atoms with Crippen molar-refractivity contribution in [3.63, 3.8) is 0 Å². The Kier molecular flexibility index (Phi) is 5.51. The molecule has 0 aliphatic heterocycles. The first-order valence-corrected chi connectivity index (χ1v) is 9.53. The number of hydrogen-bond acceptors (Lipinski definition) is 3. The fourth-order valence-corrected chi connectivity index (χ4v) is 3.58. The summed E-state index contributed by atoms with van der Waals surface area (Å²) in [5.74, 6) is -0.417. The third-order valence-electron chi connectivity index (χ3n) is 3.49. The smallest absolute Gasteiger partial charge is 0.247 e. The predicted octanol–water partition coefficient (Wildman–Crippen LogP) is 3.44. The molecule has 2 aromatic carbocycles. The number of anilines is 2. The maximum absolute atomic E-state index is 12.5. The number of hydrogen-bond donors (Lipinski definition) is 1. The molecule has 5 nitrogen and oxygen atoms in total.